The van der Waals surface area contributed by atoms with E-state index in [0.717, 1.165) is 15.6 Å². The maximum Gasteiger partial charge on any atom is 0.265 e. The first-order valence-electron chi connectivity index (χ1n) is 6.69. The quantitative estimate of drug-likeness (QED) is 0.907. The van der Waals surface area contributed by atoms with Crippen molar-refractivity contribution in [2.75, 3.05) is 26.4 Å². The number of fused-ring (bicyclic) bond motifs is 1. The van der Waals surface area contributed by atoms with Gasteiger partial charge in [0.05, 0.1) is 5.69 Å². The van der Waals surface area contributed by atoms with Crippen molar-refractivity contribution in [3.8, 4) is 0 Å². The van der Waals surface area contributed by atoms with Crippen LogP contribution in [0, 0.1) is 6.92 Å². The van der Waals surface area contributed by atoms with Crippen LogP contribution in [0.25, 0.3) is 10.1 Å². The average Bonchev–Trinajstić information content (AvgIpc) is 2.82. The van der Waals surface area contributed by atoms with E-state index in [1.807, 2.05) is 25.1 Å². The standard InChI is InChI=1S/C15H19N3O2S/c1-9-5-4-6-10-12(16)14(21-13(9)10)15(20)18(3)8-7-11(19)17-2/h4-6H,7-8,16H2,1-3H3,(H,17,19). The van der Waals surface area contributed by atoms with E-state index in [0.29, 0.717) is 17.1 Å². The summed E-state index contributed by atoms with van der Waals surface area (Å²) < 4.78 is 1.04. The molecule has 0 aliphatic carbocycles. The number of nitrogens with zero attached hydrogens (tertiary/aromatic N) is 1. The van der Waals surface area contributed by atoms with E-state index in [2.05, 4.69) is 5.32 Å². The zero-order valence-electron chi connectivity index (χ0n) is 12.4. The topological polar surface area (TPSA) is 75.4 Å². The SMILES string of the molecule is CNC(=O)CCN(C)C(=O)c1sc2c(C)cccc2c1N. The Morgan fingerprint density at radius 3 is 2.71 bits per heavy atom. The summed E-state index contributed by atoms with van der Waals surface area (Å²) in [5.41, 5.74) is 7.74. The molecule has 3 N–H and O–H groups in total. The second-order valence-corrected chi connectivity index (χ2v) is 5.97. The van der Waals surface area contributed by atoms with Crippen LogP contribution in [0.4, 0.5) is 5.69 Å². The molecular weight excluding hydrogens is 286 g/mol. The molecule has 1 heterocycles. The van der Waals surface area contributed by atoms with Gasteiger partial charge in [-0.2, -0.15) is 0 Å². The number of nitrogen functional groups attached to an aromatic ring is 1. The van der Waals surface area contributed by atoms with E-state index < -0.39 is 0 Å². The first-order chi connectivity index (χ1) is 9.95. The zero-order chi connectivity index (χ0) is 15.6. The smallest absolute Gasteiger partial charge is 0.265 e. The number of anilines is 1. The minimum atomic E-state index is -0.142. The number of hydrogen-bond donors (Lipinski definition) is 2. The maximum absolute atomic E-state index is 12.5. The molecule has 1 aromatic heterocycles. The van der Waals surface area contributed by atoms with Crippen molar-refractivity contribution in [1.82, 2.24) is 10.2 Å². The van der Waals surface area contributed by atoms with Crippen molar-refractivity contribution in [3.05, 3.63) is 28.6 Å². The molecule has 6 heteroatoms. The van der Waals surface area contributed by atoms with Crippen LogP contribution in [0.3, 0.4) is 0 Å². The average molecular weight is 305 g/mol. The number of benzene rings is 1. The van der Waals surface area contributed by atoms with Crippen LogP contribution < -0.4 is 11.1 Å². The zero-order valence-corrected chi connectivity index (χ0v) is 13.2. The number of nitrogens with one attached hydrogen (secondary N) is 1. The summed E-state index contributed by atoms with van der Waals surface area (Å²) in [4.78, 5) is 25.8. The van der Waals surface area contributed by atoms with Crippen LogP contribution in [-0.4, -0.2) is 37.4 Å². The molecule has 1 aromatic carbocycles. The van der Waals surface area contributed by atoms with Gasteiger partial charge in [0, 0.05) is 37.1 Å². The van der Waals surface area contributed by atoms with Gasteiger partial charge in [-0.05, 0) is 12.5 Å². The number of amides is 2. The Hall–Kier alpha value is -2.08. The first kappa shape index (κ1) is 15.3. The minimum absolute atomic E-state index is 0.0881. The van der Waals surface area contributed by atoms with Crippen LogP contribution in [0.1, 0.15) is 21.7 Å². The van der Waals surface area contributed by atoms with Gasteiger partial charge >= 0.3 is 0 Å². The van der Waals surface area contributed by atoms with Crippen LogP contribution in [0.5, 0.6) is 0 Å². The number of carbonyl (C=O) groups is 2. The second kappa shape index (κ2) is 6.13. The van der Waals surface area contributed by atoms with Crippen molar-refractivity contribution >= 4 is 38.9 Å². The van der Waals surface area contributed by atoms with Crippen molar-refractivity contribution in [2.45, 2.75) is 13.3 Å². The normalized spacial score (nSPS) is 10.6. The van der Waals surface area contributed by atoms with Gasteiger partial charge in [-0.3, -0.25) is 9.59 Å². The summed E-state index contributed by atoms with van der Waals surface area (Å²) in [5, 5.41) is 3.46. The molecule has 2 rings (SSSR count). The second-order valence-electron chi connectivity index (χ2n) is 4.95. The fourth-order valence-corrected chi connectivity index (χ4v) is 3.29. The number of aryl methyl sites for hydroxylation is 1. The third-order valence-corrected chi connectivity index (χ3v) is 4.79. The molecule has 0 bridgehead atoms. The van der Waals surface area contributed by atoms with E-state index in [1.54, 1.807) is 14.1 Å². The van der Waals surface area contributed by atoms with Crippen molar-refractivity contribution in [2.24, 2.45) is 0 Å². The van der Waals surface area contributed by atoms with Crippen molar-refractivity contribution in [1.29, 1.82) is 0 Å². The lowest BCUT2D eigenvalue weighted by atomic mass is 10.1. The number of rotatable bonds is 4. The third kappa shape index (κ3) is 3.00. The summed E-state index contributed by atoms with van der Waals surface area (Å²) >= 11 is 1.41. The highest BCUT2D eigenvalue weighted by molar-refractivity contribution is 7.21. The molecule has 0 radical (unpaired) electrons. The lowest BCUT2D eigenvalue weighted by Gasteiger charge is -2.16. The van der Waals surface area contributed by atoms with Gasteiger partial charge in [0.1, 0.15) is 4.88 Å². The molecule has 5 nitrogen and oxygen atoms in total. The van der Waals surface area contributed by atoms with E-state index in [9.17, 15) is 9.59 Å². The Bertz CT molecular complexity index is 694. The highest BCUT2D eigenvalue weighted by Crippen LogP contribution is 2.36. The molecule has 2 aromatic rings. The molecule has 112 valence electrons. The van der Waals surface area contributed by atoms with Crippen molar-refractivity contribution < 1.29 is 9.59 Å². The number of thiophene rings is 1. The van der Waals surface area contributed by atoms with E-state index in [-0.39, 0.29) is 18.2 Å². The van der Waals surface area contributed by atoms with Gasteiger partial charge in [0.15, 0.2) is 0 Å². The Kier molecular flexibility index (Phi) is 4.47. The Balaban J connectivity index is 2.25. The summed E-state index contributed by atoms with van der Waals surface area (Å²) in [5.74, 6) is -0.230. The van der Waals surface area contributed by atoms with Gasteiger partial charge in [-0.15, -0.1) is 11.3 Å². The lowest BCUT2D eigenvalue weighted by molar-refractivity contribution is -0.120. The molecule has 0 fully saturated rings. The predicted octanol–water partition coefficient (Wildman–Crippen LogP) is 2.00. The number of nitrogens with two attached hydrogens (primary N) is 1. The highest BCUT2D eigenvalue weighted by atomic mass is 32.1. The summed E-state index contributed by atoms with van der Waals surface area (Å²) in [6.45, 7) is 2.37. The number of hydrogen-bond acceptors (Lipinski definition) is 4. The van der Waals surface area contributed by atoms with Crippen LogP contribution in [0.2, 0.25) is 0 Å². The third-order valence-electron chi connectivity index (χ3n) is 3.44. The fraction of sp³-hybridized carbons (Fsp3) is 0.333. The minimum Gasteiger partial charge on any atom is -0.397 e. The van der Waals surface area contributed by atoms with Crippen LogP contribution in [0.15, 0.2) is 18.2 Å². The molecule has 0 saturated heterocycles. The Morgan fingerprint density at radius 1 is 1.38 bits per heavy atom. The van der Waals surface area contributed by atoms with Gasteiger partial charge in [-0.1, -0.05) is 18.2 Å². The Labute approximate surface area is 127 Å². The van der Waals surface area contributed by atoms with Crippen LogP contribution in [-0.2, 0) is 4.79 Å². The molecule has 2 amide bonds. The molecule has 0 atom stereocenters. The predicted molar refractivity (Wildman–Crippen MR) is 86.6 cm³/mol. The molecule has 0 aliphatic rings. The largest absolute Gasteiger partial charge is 0.397 e. The lowest BCUT2D eigenvalue weighted by Crippen LogP contribution is -2.31. The maximum atomic E-state index is 12.5. The molecule has 0 aliphatic heterocycles. The van der Waals surface area contributed by atoms with Crippen LogP contribution >= 0.6 is 11.3 Å². The number of carbonyl (C=O) groups excluding carboxylic acids is 2. The van der Waals surface area contributed by atoms with Gasteiger partial charge in [-0.25, -0.2) is 0 Å². The summed E-state index contributed by atoms with van der Waals surface area (Å²) in [6, 6.07) is 5.86. The Morgan fingerprint density at radius 2 is 2.10 bits per heavy atom. The molecule has 0 spiro atoms. The van der Waals surface area contributed by atoms with Crippen molar-refractivity contribution in [3.63, 3.8) is 0 Å². The van der Waals surface area contributed by atoms with Gasteiger partial charge < -0.3 is 16.0 Å². The molecule has 0 saturated carbocycles. The monoisotopic (exact) mass is 305 g/mol. The van der Waals surface area contributed by atoms with Gasteiger partial charge in [0.25, 0.3) is 5.91 Å². The van der Waals surface area contributed by atoms with E-state index in [4.69, 9.17) is 5.73 Å². The van der Waals surface area contributed by atoms with E-state index in [1.165, 1.54) is 16.2 Å². The fourth-order valence-electron chi connectivity index (χ4n) is 2.11. The van der Waals surface area contributed by atoms with E-state index >= 15 is 0 Å². The molecule has 0 unspecified atom stereocenters. The highest BCUT2D eigenvalue weighted by Gasteiger charge is 2.20. The molecular formula is C15H19N3O2S. The first-order valence-corrected chi connectivity index (χ1v) is 7.51. The summed E-state index contributed by atoms with van der Waals surface area (Å²) in [6.07, 6.45) is 0.280. The van der Waals surface area contributed by atoms with Gasteiger partial charge in [0.2, 0.25) is 5.91 Å². The molecule has 21 heavy (non-hydrogen) atoms. The summed E-state index contributed by atoms with van der Waals surface area (Å²) in [7, 11) is 3.26.